The van der Waals surface area contributed by atoms with Crippen molar-refractivity contribution in [3.05, 3.63) is 30.2 Å². The molecule has 2 heterocycles. The lowest BCUT2D eigenvalue weighted by Gasteiger charge is -2.04. The van der Waals surface area contributed by atoms with E-state index in [1.165, 1.54) is 0 Å². The molecule has 1 N–H and O–H groups in total. The second-order valence-corrected chi connectivity index (χ2v) is 3.85. The quantitative estimate of drug-likeness (QED) is 0.873. The van der Waals surface area contributed by atoms with Gasteiger partial charge in [-0.2, -0.15) is 10.2 Å². The molecule has 2 rings (SSSR count). The average molecular weight is 228 g/mol. The number of hydrogen-bond donors (Lipinski definition) is 1. The molecule has 0 radical (unpaired) electrons. The first-order valence-electron chi connectivity index (χ1n) is 5.28. The number of hydrogen-bond acceptors (Lipinski definition) is 5. The monoisotopic (exact) mass is 228 g/mol. The van der Waals surface area contributed by atoms with Crippen molar-refractivity contribution >= 4 is 5.88 Å². The molecule has 86 valence electrons. The third-order valence-corrected chi connectivity index (χ3v) is 2.06. The van der Waals surface area contributed by atoms with Crippen LogP contribution < -0.4 is 5.32 Å². The molecule has 0 aromatic carbocycles. The number of oxazole rings is 1. The number of nitriles is 1. The largest absolute Gasteiger partial charge is 0.419 e. The summed E-state index contributed by atoms with van der Waals surface area (Å²) in [6.45, 7) is 3.93. The van der Waals surface area contributed by atoms with Gasteiger partial charge >= 0.3 is 0 Å². The molecule has 0 aliphatic rings. The van der Waals surface area contributed by atoms with Gasteiger partial charge in [-0.05, 0) is 26.0 Å². The van der Waals surface area contributed by atoms with E-state index in [2.05, 4.69) is 15.3 Å². The van der Waals surface area contributed by atoms with Gasteiger partial charge in [-0.15, -0.1) is 0 Å². The normalized spacial score (nSPS) is 10.2. The van der Waals surface area contributed by atoms with E-state index in [9.17, 15) is 0 Å². The fourth-order valence-electron chi connectivity index (χ4n) is 1.37. The lowest BCUT2D eigenvalue weighted by molar-refractivity contribution is 0.579. The third-order valence-electron chi connectivity index (χ3n) is 2.06. The molecular weight excluding hydrogens is 216 g/mol. The van der Waals surface area contributed by atoms with Crippen molar-refractivity contribution < 1.29 is 4.42 Å². The van der Waals surface area contributed by atoms with Crippen LogP contribution in [0.5, 0.6) is 0 Å². The molecule has 0 aliphatic heterocycles. The minimum atomic E-state index is 0.178. The SMILES string of the molecule is CC(C)Nc1oc(-c2cccnc2)nc1C#N. The van der Waals surface area contributed by atoms with E-state index in [1.807, 2.05) is 26.0 Å². The Bertz CT molecular complexity index is 539. The van der Waals surface area contributed by atoms with Crippen LogP contribution in [0, 0.1) is 11.3 Å². The van der Waals surface area contributed by atoms with Gasteiger partial charge in [0.25, 0.3) is 0 Å². The molecule has 0 atom stereocenters. The summed E-state index contributed by atoms with van der Waals surface area (Å²) in [5.74, 6) is 0.805. The summed E-state index contributed by atoms with van der Waals surface area (Å²) in [6.07, 6.45) is 3.32. The molecule has 2 aromatic heterocycles. The number of rotatable bonds is 3. The first-order valence-corrected chi connectivity index (χ1v) is 5.28. The first-order chi connectivity index (χ1) is 8.20. The Morgan fingerprint density at radius 2 is 2.29 bits per heavy atom. The van der Waals surface area contributed by atoms with Crippen LogP contribution in [0.1, 0.15) is 19.5 Å². The Morgan fingerprint density at radius 1 is 1.47 bits per heavy atom. The minimum Gasteiger partial charge on any atom is -0.419 e. The molecule has 0 saturated carbocycles. The van der Waals surface area contributed by atoms with E-state index in [0.717, 1.165) is 5.56 Å². The van der Waals surface area contributed by atoms with Gasteiger partial charge < -0.3 is 9.73 Å². The Hall–Kier alpha value is -2.35. The molecule has 0 bridgehead atoms. The topological polar surface area (TPSA) is 74.7 Å². The van der Waals surface area contributed by atoms with Gasteiger partial charge in [-0.25, -0.2) is 0 Å². The Labute approximate surface area is 99.1 Å². The van der Waals surface area contributed by atoms with Gasteiger partial charge in [0.1, 0.15) is 6.07 Å². The smallest absolute Gasteiger partial charge is 0.232 e. The highest BCUT2D eigenvalue weighted by molar-refractivity contribution is 5.57. The van der Waals surface area contributed by atoms with Crippen LogP contribution in [0.2, 0.25) is 0 Å². The van der Waals surface area contributed by atoms with Crippen molar-refractivity contribution in [2.24, 2.45) is 0 Å². The van der Waals surface area contributed by atoms with Crippen LogP contribution in [0.25, 0.3) is 11.5 Å². The van der Waals surface area contributed by atoms with Crippen molar-refractivity contribution in [1.29, 1.82) is 5.26 Å². The molecule has 5 heteroatoms. The van der Waals surface area contributed by atoms with E-state index in [4.69, 9.17) is 9.68 Å². The Kier molecular flexibility index (Phi) is 3.06. The number of nitrogens with zero attached hydrogens (tertiary/aromatic N) is 3. The molecule has 0 aliphatic carbocycles. The van der Waals surface area contributed by atoms with Crippen LogP contribution in [0.15, 0.2) is 28.9 Å². The highest BCUT2D eigenvalue weighted by atomic mass is 16.4. The van der Waals surface area contributed by atoms with Crippen LogP contribution in [0.4, 0.5) is 5.88 Å². The summed E-state index contributed by atoms with van der Waals surface area (Å²) in [7, 11) is 0. The van der Waals surface area contributed by atoms with Crippen LogP contribution in [0.3, 0.4) is 0 Å². The van der Waals surface area contributed by atoms with Gasteiger partial charge in [-0.3, -0.25) is 4.98 Å². The predicted octanol–water partition coefficient (Wildman–Crippen LogP) is 2.43. The highest BCUT2D eigenvalue weighted by Gasteiger charge is 2.14. The number of nitrogens with one attached hydrogen (secondary N) is 1. The molecular formula is C12H12N4O. The molecule has 17 heavy (non-hydrogen) atoms. The summed E-state index contributed by atoms with van der Waals surface area (Å²) in [5, 5.41) is 12.0. The molecule has 0 amide bonds. The maximum Gasteiger partial charge on any atom is 0.232 e. The molecule has 0 fully saturated rings. The van der Waals surface area contributed by atoms with Crippen molar-refractivity contribution in [1.82, 2.24) is 9.97 Å². The lowest BCUT2D eigenvalue weighted by atomic mass is 10.3. The zero-order valence-electron chi connectivity index (χ0n) is 9.64. The standard InChI is InChI=1S/C12H12N4O/c1-8(2)15-12-10(6-13)16-11(17-12)9-4-3-5-14-7-9/h3-5,7-8,15H,1-2H3. The van der Waals surface area contributed by atoms with E-state index in [0.29, 0.717) is 11.8 Å². The first kappa shape index (κ1) is 11.1. The third kappa shape index (κ3) is 2.42. The molecule has 2 aromatic rings. The Balaban J connectivity index is 2.39. The fourth-order valence-corrected chi connectivity index (χ4v) is 1.37. The van der Waals surface area contributed by atoms with E-state index >= 15 is 0 Å². The van der Waals surface area contributed by atoms with Crippen molar-refractivity contribution in [2.75, 3.05) is 5.32 Å². The molecule has 5 nitrogen and oxygen atoms in total. The van der Waals surface area contributed by atoms with Crippen LogP contribution in [-0.4, -0.2) is 16.0 Å². The number of anilines is 1. The van der Waals surface area contributed by atoms with E-state index in [-0.39, 0.29) is 11.7 Å². The van der Waals surface area contributed by atoms with Gasteiger partial charge in [0.05, 0.1) is 5.56 Å². The maximum absolute atomic E-state index is 8.96. The second-order valence-electron chi connectivity index (χ2n) is 3.85. The lowest BCUT2D eigenvalue weighted by Crippen LogP contribution is -2.09. The summed E-state index contributed by atoms with van der Waals surface area (Å²) >= 11 is 0. The predicted molar refractivity (Wildman–Crippen MR) is 63.2 cm³/mol. The molecule has 0 spiro atoms. The summed E-state index contributed by atoms with van der Waals surface area (Å²) in [4.78, 5) is 8.11. The zero-order valence-corrected chi connectivity index (χ0v) is 9.64. The van der Waals surface area contributed by atoms with Gasteiger partial charge in [0.2, 0.25) is 17.5 Å². The summed E-state index contributed by atoms with van der Waals surface area (Å²) in [5.41, 5.74) is 1.01. The van der Waals surface area contributed by atoms with Gasteiger partial charge in [0.15, 0.2) is 0 Å². The minimum absolute atomic E-state index is 0.178. The van der Waals surface area contributed by atoms with Crippen molar-refractivity contribution in [2.45, 2.75) is 19.9 Å². The molecule has 0 unspecified atom stereocenters. The maximum atomic E-state index is 8.96. The fraction of sp³-hybridized carbons (Fsp3) is 0.250. The molecule has 0 saturated heterocycles. The van der Waals surface area contributed by atoms with Crippen LogP contribution in [-0.2, 0) is 0 Å². The summed E-state index contributed by atoms with van der Waals surface area (Å²) in [6, 6.07) is 5.81. The number of aromatic nitrogens is 2. The second kappa shape index (κ2) is 4.66. The average Bonchev–Trinajstić information content (AvgIpc) is 2.72. The van der Waals surface area contributed by atoms with Crippen molar-refractivity contribution in [3.63, 3.8) is 0 Å². The van der Waals surface area contributed by atoms with Gasteiger partial charge in [0, 0.05) is 18.4 Å². The van der Waals surface area contributed by atoms with Gasteiger partial charge in [-0.1, -0.05) is 0 Å². The van der Waals surface area contributed by atoms with E-state index in [1.54, 1.807) is 18.5 Å². The van der Waals surface area contributed by atoms with Crippen LogP contribution >= 0.6 is 0 Å². The summed E-state index contributed by atoms with van der Waals surface area (Å²) < 4.78 is 5.52. The van der Waals surface area contributed by atoms with Crippen molar-refractivity contribution in [3.8, 4) is 17.5 Å². The number of pyridine rings is 1. The highest BCUT2D eigenvalue weighted by Crippen LogP contribution is 2.24. The zero-order chi connectivity index (χ0) is 12.3. The Morgan fingerprint density at radius 3 is 2.88 bits per heavy atom. The van der Waals surface area contributed by atoms with E-state index < -0.39 is 0 Å².